The Labute approximate surface area is 125 Å². The molecule has 1 N–H and O–H groups in total. The molecule has 1 atom stereocenters. The van der Waals surface area contributed by atoms with Crippen molar-refractivity contribution in [3.63, 3.8) is 0 Å². The summed E-state index contributed by atoms with van der Waals surface area (Å²) in [5, 5.41) is 3.85. The molecule has 112 valence electrons. The second-order valence-electron chi connectivity index (χ2n) is 5.04. The number of carbonyl (C=O) groups is 1. The molecule has 0 aliphatic carbocycles. The normalized spacial score (nSPS) is 12.3. The lowest BCUT2D eigenvalue weighted by Crippen LogP contribution is -2.38. The molecule has 1 unspecified atom stereocenters. The van der Waals surface area contributed by atoms with Gasteiger partial charge in [0.05, 0.1) is 14.2 Å². The van der Waals surface area contributed by atoms with Gasteiger partial charge in [-0.25, -0.2) is 0 Å². The predicted molar refractivity (Wildman–Crippen MR) is 80.1 cm³/mol. The monoisotopic (exact) mass is 299 g/mol. The Balaban J connectivity index is 2.76. The number of rotatable bonds is 7. The lowest BCUT2D eigenvalue weighted by atomic mass is 10.0. The summed E-state index contributed by atoms with van der Waals surface area (Å²) in [4.78, 5) is 11.7. The van der Waals surface area contributed by atoms with Crippen LogP contribution in [0.1, 0.15) is 25.8 Å². The molecule has 0 aliphatic rings. The Kier molecular flexibility index (Phi) is 6.82. The number of nitrogens with one attached hydrogen (secondary N) is 1. The first-order valence-corrected chi connectivity index (χ1v) is 6.99. The van der Waals surface area contributed by atoms with Crippen molar-refractivity contribution in [1.82, 2.24) is 5.32 Å². The number of hydrogen-bond donors (Lipinski definition) is 1. The Morgan fingerprint density at radius 3 is 2.60 bits per heavy atom. The molecule has 1 aromatic carbocycles. The molecule has 0 aromatic heterocycles. The van der Waals surface area contributed by atoms with Crippen molar-refractivity contribution in [2.24, 2.45) is 5.92 Å². The van der Waals surface area contributed by atoms with Crippen LogP contribution >= 0.6 is 11.6 Å². The molecule has 20 heavy (non-hydrogen) atoms. The zero-order valence-electron chi connectivity index (χ0n) is 12.4. The van der Waals surface area contributed by atoms with Crippen molar-refractivity contribution < 1.29 is 14.3 Å². The van der Waals surface area contributed by atoms with Gasteiger partial charge in [-0.15, -0.1) is 0 Å². The summed E-state index contributed by atoms with van der Waals surface area (Å²) in [5.41, 5.74) is 0.914. The van der Waals surface area contributed by atoms with E-state index in [-0.39, 0.29) is 12.0 Å². The Hall–Kier alpha value is -1.26. The highest BCUT2D eigenvalue weighted by Gasteiger charge is 2.20. The van der Waals surface area contributed by atoms with Crippen LogP contribution in [0.5, 0.6) is 5.75 Å². The molecule has 0 spiro atoms. The third kappa shape index (κ3) is 5.02. The number of benzene rings is 1. The van der Waals surface area contributed by atoms with Gasteiger partial charge in [0.15, 0.2) is 0 Å². The minimum atomic E-state index is -0.330. The van der Waals surface area contributed by atoms with E-state index in [1.165, 1.54) is 7.11 Å². The third-order valence-electron chi connectivity index (χ3n) is 2.97. The molecule has 4 nitrogen and oxygen atoms in total. The topological polar surface area (TPSA) is 47.6 Å². The first kappa shape index (κ1) is 16.8. The maximum absolute atomic E-state index is 11.7. The van der Waals surface area contributed by atoms with Crippen LogP contribution in [0.4, 0.5) is 0 Å². The van der Waals surface area contributed by atoms with E-state index in [2.05, 4.69) is 19.2 Å². The van der Waals surface area contributed by atoms with Crippen molar-refractivity contribution >= 4 is 17.6 Å². The summed E-state index contributed by atoms with van der Waals surface area (Å²) in [7, 11) is 3.01. The highest BCUT2D eigenvalue weighted by atomic mass is 35.5. The molecule has 1 aromatic rings. The van der Waals surface area contributed by atoms with Crippen molar-refractivity contribution in [2.75, 3.05) is 14.2 Å². The van der Waals surface area contributed by atoms with Gasteiger partial charge in [-0.3, -0.25) is 4.79 Å². The first-order valence-electron chi connectivity index (χ1n) is 6.61. The molecule has 0 radical (unpaired) electrons. The van der Waals surface area contributed by atoms with Gasteiger partial charge in [0.2, 0.25) is 0 Å². The minimum absolute atomic E-state index is 0.250. The number of ether oxygens (including phenoxy) is 2. The Morgan fingerprint density at radius 1 is 1.35 bits per heavy atom. The summed E-state index contributed by atoms with van der Waals surface area (Å²) in [6.07, 6.45) is 0.718. The van der Waals surface area contributed by atoms with Crippen molar-refractivity contribution in [3.8, 4) is 5.75 Å². The van der Waals surface area contributed by atoms with E-state index >= 15 is 0 Å². The average molecular weight is 300 g/mol. The van der Waals surface area contributed by atoms with E-state index in [0.29, 0.717) is 17.5 Å². The van der Waals surface area contributed by atoms with E-state index < -0.39 is 0 Å². The maximum atomic E-state index is 11.7. The zero-order valence-corrected chi connectivity index (χ0v) is 13.2. The molecule has 0 saturated heterocycles. The smallest absolute Gasteiger partial charge is 0.322 e. The molecular weight excluding hydrogens is 278 g/mol. The van der Waals surface area contributed by atoms with E-state index in [9.17, 15) is 4.79 Å². The highest BCUT2D eigenvalue weighted by molar-refractivity contribution is 6.30. The van der Waals surface area contributed by atoms with Crippen molar-refractivity contribution in [3.05, 3.63) is 28.8 Å². The summed E-state index contributed by atoms with van der Waals surface area (Å²) >= 11 is 5.99. The summed E-state index contributed by atoms with van der Waals surface area (Å²) in [5.74, 6) is 0.891. The molecule has 5 heteroatoms. The minimum Gasteiger partial charge on any atom is -0.496 e. The van der Waals surface area contributed by atoms with Crippen LogP contribution in [0.3, 0.4) is 0 Å². The summed E-state index contributed by atoms with van der Waals surface area (Å²) in [6, 6.07) is 5.09. The lowest BCUT2D eigenvalue weighted by molar-refractivity contribution is -0.143. The van der Waals surface area contributed by atoms with Gasteiger partial charge in [-0.05, 0) is 30.5 Å². The van der Waals surface area contributed by atoms with E-state index in [1.54, 1.807) is 13.2 Å². The van der Waals surface area contributed by atoms with Gasteiger partial charge < -0.3 is 14.8 Å². The van der Waals surface area contributed by atoms with Crippen LogP contribution in [-0.2, 0) is 16.1 Å². The Morgan fingerprint density at radius 2 is 2.05 bits per heavy atom. The summed E-state index contributed by atoms with van der Waals surface area (Å²) in [6.45, 7) is 4.63. The van der Waals surface area contributed by atoms with E-state index in [1.807, 2.05) is 12.1 Å². The van der Waals surface area contributed by atoms with Gasteiger partial charge in [0, 0.05) is 17.1 Å². The van der Waals surface area contributed by atoms with Gasteiger partial charge in [-0.1, -0.05) is 25.4 Å². The predicted octanol–water partition coefficient (Wildman–Crippen LogP) is 3.03. The van der Waals surface area contributed by atoms with Crippen LogP contribution in [-0.4, -0.2) is 26.2 Å². The SMILES string of the molecule is COC(=O)C(CC(C)C)NCc1cc(Cl)ccc1OC. The lowest BCUT2D eigenvalue weighted by Gasteiger charge is -2.19. The molecule has 0 amide bonds. The van der Waals surface area contributed by atoms with Crippen LogP contribution in [0.15, 0.2) is 18.2 Å². The molecule has 0 fully saturated rings. The number of hydrogen-bond acceptors (Lipinski definition) is 4. The molecular formula is C15H22ClNO3. The second kappa shape index (κ2) is 8.12. The number of carbonyl (C=O) groups excluding carboxylic acids is 1. The molecule has 0 saturated carbocycles. The van der Waals surface area contributed by atoms with Crippen molar-refractivity contribution in [2.45, 2.75) is 32.9 Å². The second-order valence-corrected chi connectivity index (χ2v) is 5.48. The fraction of sp³-hybridized carbons (Fsp3) is 0.533. The van der Waals surface area contributed by atoms with Crippen LogP contribution in [0.2, 0.25) is 5.02 Å². The van der Waals surface area contributed by atoms with Gasteiger partial charge in [-0.2, -0.15) is 0 Å². The highest BCUT2D eigenvalue weighted by Crippen LogP contribution is 2.22. The summed E-state index contributed by atoms with van der Waals surface area (Å²) < 4.78 is 10.1. The zero-order chi connectivity index (χ0) is 15.1. The quantitative estimate of drug-likeness (QED) is 0.786. The molecule has 1 rings (SSSR count). The standard InChI is InChI=1S/C15H22ClNO3/c1-10(2)7-13(15(18)20-4)17-9-11-8-12(16)5-6-14(11)19-3/h5-6,8,10,13,17H,7,9H2,1-4H3. The first-order chi connectivity index (χ1) is 9.47. The Bertz CT molecular complexity index is 449. The molecule has 0 bridgehead atoms. The molecule has 0 heterocycles. The van der Waals surface area contributed by atoms with Gasteiger partial charge in [0.1, 0.15) is 11.8 Å². The van der Waals surface area contributed by atoms with Crippen molar-refractivity contribution in [1.29, 1.82) is 0 Å². The molecule has 0 aliphatic heterocycles. The third-order valence-corrected chi connectivity index (χ3v) is 3.21. The fourth-order valence-electron chi connectivity index (χ4n) is 2.00. The van der Waals surface area contributed by atoms with Gasteiger partial charge in [0.25, 0.3) is 0 Å². The average Bonchev–Trinajstić information content (AvgIpc) is 2.42. The number of esters is 1. The largest absolute Gasteiger partial charge is 0.496 e. The van der Waals surface area contributed by atoms with Gasteiger partial charge >= 0.3 is 5.97 Å². The van der Waals surface area contributed by atoms with E-state index in [4.69, 9.17) is 21.1 Å². The van der Waals surface area contributed by atoms with Crippen LogP contribution in [0.25, 0.3) is 0 Å². The van der Waals surface area contributed by atoms with Crippen LogP contribution in [0, 0.1) is 5.92 Å². The van der Waals surface area contributed by atoms with E-state index in [0.717, 1.165) is 17.7 Å². The number of methoxy groups -OCH3 is 2. The maximum Gasteiger partial charge on any atom is 0.322 e. The number of halogens is 1. The fourth-order valence-corrected chi connectivity index (χ4v) is 2.19. The van der Waals surface area contributed by atoms with Crippen LogP contribution < -0.4 is 10.1 Å².